The van der Waals surface area contributed by atoms with Crippen molar-refractivity contribution < 1.29 is 0 Å². The molecule has 3 heteroatoms. The van der Waals surface area contributed by atoms with Crippen LogP contribution in [0.3, 0.4) is 0 Å². The lowest BCUT2D eigenvalue weighted by Gasteiger charge is -2.36. The van der Waals surface area contributed by atoms with Gasteiger partial charge in [-0.1, -0.05) is 72.5 Å². The van der Waals surface area contributed by atoms with Crippen molar-refractivity contribution in [3.05, 3.63) is 82.9 Å². The summed E-state index contributed by atoms with van der Waals surface area (Å²) in [4.78, 5) is 2.66. The molecule has 1 aliphatic heterocycles. The number of allylic oxidation sites excluding steroid dienone is 2. The van der Waals surface area contributed by atoms with Gasteiger partial charge in [-0.05, 0) is 61.1 Å². The fourth-order valence-electron chi connectivity index (χ4n) is 3.39. The van der Waals surface area contributed by atoms with Gasteiger partial charge in [0, 0.05) is 14.5 Å². The Morgan fingerprint density at radius 3 is 2.52 bits per heavy atom. The van der Waals surface area contributed by atoms with Gasteiger partial charge in [-0.2, -0.15) is 0 Å². The minimum absolute atomic E-state index is 0.0118. The molecular formula is C22H20S3. The van der Waals surface area contributed by atoms with Crippen molar-refractivity contribution in [2.75, 3.05) is 0 Å². The number of rotatable bonds is 2. The maximum Gasteiger partial charge on any atom is 0.0799 e. The molecule has 25 heavy (non-hydrogen) atoms. The van der Waals surface area contributed by atoms with Gasteiger partial charge in [-0.15, -0.1) is 11.8 Å². The zero-order valence-corrected chi connectivity index (χ0v) is 16.9. The summed E-state index contributed by atoms with van der Waals surface area (Å²) in [6.07, 6.45) is 4.61. The van der Waals surface area contributed by atoms with Crippen molar-refractivity contribution in [2.24, 2.45) is 0 Å². The maximum atomic E-state index is 5.84. The largest absolute Gasteiger partial charge is 0.114 e. The van der Waals surface area contributed by atoms with E-state index in [2.05, 4.69) is 68.5 Å². The normalized spacial score (nSPS) is 18.2. The third-order valence-corrected chi connectivity index (χ3v) is 7.51. The molecule has 0 saturated carbocycles. The summed E-state index contributed by atoms with van der Waals surface area (Å²) in [6.45, 7) is 4.59. The molecule has 0 radical (unpaired) electrons. The van der Waals surface area contributed by atoms with Crippen LogP contribution in [0.15, 0.2) is 76.7 Å². The van der Waals surface area contributed by atoms with Crippen molar-refractivity contribution >= 4 is 44.8 Å². The second kappa shape index (κ2) is 6.79. The van der Waals surface area contributed by atoms with Crippen LogP contribution >= 0.6 is 35.7 Å². The standard InChI is InChI=1S/C22H20S3/c1-22(2)19(21(23)24-17-9-4-3-5-10-17)14-16-13-12-15-8-6-7-11-18(15)20(16)25-22/h3-11,14H,12-13H2,1-2H3. The third kappa shape index (κ3) is 3.38. The van der Waals surface area contributed by atoms with Crippen LogP contribution in [0.2, 0.25) is 0 Å². The molecule has 0 N–H and O–H groups in total. The Morgan fingerprint density at radius 1 is 1.00 bits per heavy atom. The van der Waals surface area contributed by atoms with Crippen LogP contribution in [0.25, 0.3) is 4.91 Å². The zero-order valence-electron chi connectivity index (χ0n) is 14.4. The summed E-state index contributed by atoms with van der Waals surface area (Å²) < 4.78 is 0.983. The number of fused-ring (bicyclic) bond motifs is 2. The highest BCUT2D eigenvalue weighted by molar-refractivity contribution is 8.24. The Kier molecular flexibility index (Phi) is 4.65. The van der Waals surface area contributed by atoms with E-state index in [4.69, 9.17) is 12.2 Å². The molecule has 0 fully saturated rings. The van der Waals surface area contributed by atoms with E-state index in [1.165, 1.54) is 32.1 Å². The monoisotopic (exact) mass is 380 g/mol. The lowest BCUT2D eigenvalue weighted by Crippen LogP contribution is -2.26. The summed E-state index contributed by atoms with van der Waals surface area (Å²) in [7, 11) is 0. The molecule has 2 aromatic carbocycles. The molecule has 0 atom stereocenters. The Bertz CT molecular complexity index is 888. The summed E-state index contributed by atoms with van der Waals surface area (Å²) in [5, 5.41) is 0. The van der Waals surface area contributed by atoms with E-state index in [0.717, 1.165) is 17.0 Å². The number of hydrogen-bond donors (Lipinski definition) is 0. The average molecular weight is 381 g/mol. The summed E-state index contributed by atoms with van der Waals surface area (Å²) in [5.41, 5.74) is 5.63. The van der Waals surface area contributed by atoms with Crippen molar-refractivity contribution in [3.63, 3.8) is 0 Å². The molecule has 4 rings (SSSR count). The van der Waals surface area contributed by atoms with Gasteiger partial charge in [0.25, 0.3) is 0 Å². The lowest BCUT2D eigenvalue weighted by molar-refractivity contribution is 0.861. The lowest BCUT2D eigenvalue weighted by atomic mass is 9.89. The van der Waals surface area contributed by atoms with Crippen LogP contribution in [0.4, 0.5) is 0 Å². The van der Waals surface area contributed by atoms with Gasteiger partial charge in [0.05, 0.1) is 4.20 Å². The van der Waals surface area contributed by atoms with Crippen molar-refractivity contribution in [2.45, 2.75) is 36.3 Å². The van der Waals surface area contributed by atoms with Gasteiger partial charge in [0.15, 0.2) is 0 Å². The number of hydrogen-bond acceptors (Lipinski definition) is 3. The van der Waals surface area contributed by atoms with Crippen LogP contribution in [0, 0.1) is 0 Å². The molecule has 2 aromatic rings. The van der Waals surface area contributed by atoms with E-state index in [1.807, 2.05) is 17.8 Å². The first kappa shape index (κ1) is 17.1. The number of benzene rings is 2. The number of aryl methyl sites for hydroxylation is 1. The van der Waals surface area contributed by atoms with Crippen LogP contribution in [-0.2, 0) is 6.42 Å². The predicted octanol–water partition coefficient (Wildman–Crippen LogP) is 6.92. The van der Waals surface area contributed by atoms with Crippen LogP contribution in [-0.4, -0.2) is 8.94 Å². The topological polar surface area (TPSA) is 0 Å². The molecule has 0 nitrogen and oxygen atoms in total. The molecule has 0 amide bonds. The summed E-state index contributed by atoms with van der Waals surface area (Å²) in [6, 6.07) is 19.3. The Hall–Kier alpha value is -1.29. The summed E-state index contributed by atoms with van der Waals surface area (Å²) in [5.74, 6) is 0. The van der Waals surface area contributed by atoms with E-state index in [9.17, 15) is 0 Å². The quantitative estimate of drug-likeness (QED) is 0.410. The van der Waals surface area contributed by atoms with E-state index in [0.29, 0.717) is 0 Å². The molecule has 0 aromatic heterocycles. The van der Waals surface area contributed by atoms with Gasteiger partial charge in [-0.3, -0.25) is 0 Å². The van der Waals surface area contributed by atoms with Crippen molar-refractivity contribution in [1.29, 1.82) is 0 Å². The predicted molar refractivity (Wildman–Crippen MR) is 116 cm³/mol. The summed E-state index contributed by atoms with van der Waals surface area (Å²) >= 11 is 9.51. The molecule has 126 valence electrons. The molecule has 0 bridgehead atoms. The van der Waals surface area contributed by atoms with Gasteiger partial charge in [0.2, 0.25) is 0 Å². The molecule has 0 spiro atoms. The highest BCUT2D eigenvalue weighted by Gasteiger charge is 2.35. The third-order valence-electron chi connectivity index (χ3n) is 4.72. The number of thioether (sulfide) groups is 2. The molecule has 0 unspecified atom stereocenters. The second-order valence-corrected chi connectivity index (χ2v) is 10.3. The maximum absolute atomic E-state index is 5.84. The van der Waals surface area contributed by atoms with Crippen LogP contribution in [0.1, 0.15) is 31.4 Å². The fourth-order valence-corrected chi connectivity index (χ4v) is 6.43. The first-order valence-corrected chi connectivity index (χ1v) is 10.6. The molecular weight excluding hydrogens is 360 g/mol. The second-order valence-electron chi connectivity index (χ2n) is 6.88. The molecule has 0 saturated heterocycles. The number of thiocarbonyl (C=S) groups is 1. The molecule has 1 heterocycles. The average Bonchev–Trinajstić information content (AvgIpc) is 2.61. The zero-order chi connectivity index (χ0) is 17.4. The van der Waals surface area contributed by atoms with E-state index >= 15 is 0 Å². The van der Waals surface area contributed by atoms with Crippen LogP contribution in [0.5, 0.6) is 0 Å². The van der Waals surface area contributed by atoms with Crippen LogP contribution < -0.4 is 0 Å². The van der Waals surface area contributed by atoms with Gasteiger partial charge in [0.1, 0.15) is 0 Å². The minimum atomic E-state index is -0.0118. The Labute approximate surface area is 163 Å². The van der Waals surface area contributed by atoms with Crippen molar-refractivity contribution in [1.82, 2.24) is 0 Å². The van der Waals surface area contributed by atoms with Gasteiger partial charge < -0.3 is 0 Å². The van der Waals surface area contributed by atoms with Gasteiger partial charge >= 0.3 is 0 Å². The van der Waals surface area contributed by atoms with E-state index in [-0.39, 0.29) is 4.75 Å². The Morgan fingerprint density at radius 2 is 1.72 bits per heavy atom. The SMILES string of the molecule is CC1(C)SC2=C(C=C1C(=S)Sc1ccccc1)CCc1ccccc12. The fraction of sp³-hybridized carbons (Fsp3) is 0.227. The molecule has 2 aliphatic rings. The first-order valence-electron chi connectivity index (χ1n) is 8.54. The van der Waals surface area contributed by atoms with E-state index in [1.54, 1.807) is 11.8 Å². The van der Waals surface area contributed by atoms with E-state index < -0.39 is 0 Å². The van der Waals surface area contributed by atoms with Gasteiger partial charge in [-0.25, -0.2) is 0 Å². The Balaban J connectivity index is 1.70. The highest BCUT2D eigenvalue weighted by atomic mass is 32.2. The smallest absolute Gasteiger partial charge is 0.0799 e. The minimum Gasteiger partial charge on any atom is -0.114 e. The van der Waals surface area contributed by atoms with Crippen molar-refractivity contribution in [3.8, 4) is 0 Å². The highest BCUT2D eigenvalue weighted by Crippen LogP contribution is 2.52. The molecule has 1 aliphatic carbocycles. The first-order chi connectivity index (χ1) is 12.0.